The topological polar surface area (TPSA) is 95.2 Å². The highest BCUT2D eigenvalue weighted by Crippen LogP contribution is 2.40. The fourth-order valence-electron chi connectivity index (χ4n) is 2.04. The summed E-state index contributed by atoms with van der Waals surface area (Å²) in [5.41, 5.74) is 2.45. The minimum Gasteiger partial charge on any atom is -0.196 e. The zero-order valence-corrected chi connectivity index (χ0v) is 9.75. The average molecular weight is 242 g/mol. The molecule has 4 heteroatoms. The number of benzene rings is 1. The quantitative estimate of drug-likeness (QED) is 0.707. The monoisotopic (exact) mass is 242 g/mol. The van der Waals surface area contributed by atoms with Gasteiger partial charge in [0.15, 0.2) is 5.92 Å². The van der Waals surface area contributed by atoms with Crippen molar-refractivity contribution in [2.24, 2.45) is 5.92 Å². The molecule has 1 aliphatic carbocycles. The smallest absolute Gasteiger partial charge is 0.158 e. The Bertz CT molecular complexity index is 740. The first-order valence-electron chi connectivity index (χ1n) is 5.42. The van der Waals surface area contributed by atoms with Gasteiger partial charge in [-0.3, -0.25) is 0 Å². The first-order chi connectivity index (χ1) is 9.26. The minimum atomic E-state index is -0.905. The van der Waals surface area contributed by atoms with E-state index in [0.29, 0.717) is 16.7 Å². The van der Waals surface area contributed by atoms with Crippen LogP contribution in [0.4, 0.5) is 0 Å². The van der Waals surface area contributed by atoms with Crippen LogP contribution in [0.5, 0.6) is 0 Å². The summed E-state index contributed by atoms with van der Waals surface area (Å²) < 4.78 is 0. The van der Waals surface area contributed by atoms with Crippen molar-refractivity contribution in [3.63, 3.8) is 0 Å². The largest absolute Gasteiger partial charge is 0.196 e. The lowest BCUT2D eigenvalue weighted by Crippen LogP contribution is -1.95. The van der Waals surface area contributed by atoms with Gasteiger partial charge in [0.2, 0.25) is 0 Å². The van der Waals surface area contributed by atoms with Gasteiger partial charge in [-0.05, 0) is 22.8 Å². The zero-order chi connectivity index (χ0) is 13.8. The van der Waals surface area contributed by atoms with E-state index in [-0.39, 0.29) is 5.57 Å². The number of rotatable bonds is 1. The fraction of sp³-hybridized carbons (Fsp3) is 0.0667. The van der Waals surface area contributed by atoms with Crippen LogP contribution in [0.1, 0.15) is 11.1 Å². The van der Waals surface area contributed by atoms with Crippen molar-refractivity contribution < 1.29 is 0 Å². The highest BCUT2D eigenvalue weighted by molar-refractivity contribution is 6.00. The van der Waals surface area contributed by atoms with Crippen LogP contribution >= 0.6 is 0 Å². The van der Waals surface area contributed by atoms with Gasteiger partial charge in [-0.15, -0.1) is 0 Å². The van der Waals surface area contributed by atoms with Gasteiger partial charge in [0, 0.05) is 5.57 Å². The molecule has 0 saturated heterocycles. The molecule has 0 unspecified atom stereocenters. The summed E-state index contributed by atoms with van der Waals surface area (Å²) in [5.74, 6) is -0.905. The van der Waals surface area contributed by atoms with Crippen LogP contribution in [0.3, 0.4) is 0 Å². The van der Waals surface area contributed by atoms with Gasteiger partial charge in [-0.2, -0.15) is 21.0 Å². The van der Waals surface area contributed by atoms with Gasteiger partial charge in [-0.25, -0.2) is 0 Å². The molecule has 0 radical (unpaired) electrons. The van der Waals surface area contributed by atoms with E-state index < -0.39 is 5.92 Å². The minimum absolute atomic E-state index is 0.0166. The highest BCUT2D eigenvalue weighted by Gasteiger charge is 2.26. The maximum Gasteiger partial charge on any atom is 0.158 e. The van der Waals surface area contributed by atoms with Gasteiger partial charge < -0.3 is 0 Å². The third-order valence-corrected chi connectivity index (χ3v) is 2.89. The van der Waals surface area contributed by atoms with E-state index in [2.05, 4.69) is 0 Å². The molecule has 1 aromatic carbocycles. The van der Waals surface area contributed by atoms with E-state index in [4.69, 9.17) is 21.0 Å². The van der Waals surface area contributed by atoms with Gasteiger partial charge in [0.1, 0.15) is 17.7 Å². The van der Waals surface area contributed by atoms with Crippen molar-refractivity contribution in [3.05, 3.63) is 47.0 Å². The molecule has 0 spiro atoms. The van der Waals surface area contributed by atoms with Crippen molar-refractivity contribution in [2.45, 2.75) is 0 Å². The first kappa shape index (κ1) is 12.1. The average Bonchev–Trinajstić information content (AvgIpc) is 2.82. The Labute approximate surface area is 110 Å². The number of allylic oxidation sites excluding steroid dienone is 4. The van der Waals surface area contributed by atoms with Crippen molar-refractivity contribution in [1.29, 1.82) is 21.0 Å². The number of hydrogen-bond acceptors (Lipinski definition) is 4. The van der Waals surface area contributed by atoms with Crippen molar-refractivity contribution >= 4 is 11.1 Å². The van der Waals surface area contributed by atoms with Crippen molar-refractivity contribution in [2.75, 3.05) is 0 Å². The van der Waals surface area contributed by atoms with E-state index in [1.807, 2.05) is 24.3 Å². The van der Waals surface area contributed by atoms with Gasteiger partial charge in [-0.1, -0.05) is 24.3 Å². The second kappa shape index (κ2) is 4.89. The van der Waals surface area contributed by atoms with Crippen molar-refractivity contribution in [3.8, 4) is 24.3 Å². The van der Waals surface area contributed by atoms with E-state index in [9.17, 15) is 0 Å². The van der Waals surface area contributed by atoms with E-state index >= 15 is 0 Å². The van der Waals surface area contributed by atoms with Gasteiger partial charge >= 0.3 is 0 Å². The summed E-state index contributed by atoms with van der Waals surface area (Å²) in [6, 6.07) is 14.6. The third-order valence-electron chi connectivity index (χ3n) is 2.89. The van der Waals surface area contributed by atoms with Gasteiger partial charge in [0.05, 0.1) is 12.1 Å². The lowest BCUT2D eigenvalue weighted by Gasteiger charge is -2.04. The molecule has 0 atom stereocenters. The molecule has 0 fully saturated rings. The lowest BCUT2D eigenvalue weighted by atomic mass is 9.96. The van der Waals surface area contributed by atoms with Crippen LogP contribution in [-0.4, -0.2) is 0 Å². The number of nitriles is 4. The maximum absolute atomic E-state index is 8.99. The molecule has 0 amide bonds. The molecule has 0 aliphatic heterocycles. The summed E-state index contributed by atoms with van der Waals surface area (Å²) >= 11 is 0. The molecule has 0 aromatic heterocycles. The normalized spacial score (nSPS) is 11.6. The van der Waals surface area contributed by atoms with Crippen LogP contribution in [-0.2, 0) is 0 Å². The standard InChI is InChI=1S/C15H6N4/c16-6-10(7-17)14-5-15(11(8-18)9-19)13-4-2-1-3-12(13)14/h1-5,10H. The molecular weight excluding hydrogens is 236 g/mol. The Morgan fingerprint density at radius 3 is 2.00 bits per heavy atom. The molecule has 0 bridgehead atoms. The molecule has 2 rings (SSSR count). The molecule has 19 heavy (non-hydrogen) atoms. The SMILES string of the molecule is N#CC(C#N)=C1C=C(C(C#N)C#N)c2ccccc21. The summed E-state index contributed by atoms with van der Waals surface area (Å²) in [4.78, 5) is 0. The second-order valence-electron chi connectivity index (χ2n) is 3.85. The maximum atomic E-state index is 8.99. The molecular formula is C15H6N4. The van der Waals surface area contributed by atoms with Crippen LogP contribution in [0, 0.1) is 51.2 Å². The molecule has 86 valence electrons. The van der Waals surface area contributed by atoms with Crippen LogP contribution in [0.25, 0.3) is 11.1 Å². The number of hydrogen-bond donors (Lipinski definition) is 0. The van der Waals surface area contributed by atoms with E-state index in [0.717, 1.165) is 5.56 Å². The molecule has 1 aromatic rings. The van der Waals surface area contributed by atoms with E-state index in [1.54, 1.807) is 30.3 Å². The molecule has 1 aliphatic rings. The first-order valence-corrected chi connectivity index (χ1v) is 5.42. The highest BCUT2D eigenvalue weighted by atomic mass is 14.4. The molecule has 4 nitrogen and oxygen atoms in total. The summed E-state index contributed by atoms with van der Waals surface area (Å²) in [7, 11) is 0. The Hall–Kier alpha value is -3.34. The summed E-state index contributed by atoms with van der Waals surface area (Å²) in [5, 5.41) is 35.9. The fourth-order valence-corrected chi connectivity index (χ4v) is 2.04. The summed E-state index contributed by atoms with van der Waals surface area (Å²) in [6.07, 6.45) is 1.59. The predicted octanol–water partition coefficient (Wildman–Crippen LogP) is 2.55. The molecule has 0 saturated carbocycles. The van der Waals surface area contributed by atoms with Crippen LogP contribution < -0.4 is 0 Å². The number of fused-ring (bicyclic) bond motifs is 1. The Morgan fingerprint density at radius 1 is 0.895 bits per heavy atom. The Morgan fingerprint density at radius 2 is 1.47 bits per heavy atom. The third kappa shape index (κ3) is 1.85. The molecule has 0 N–H and O–H groups in total. The molecule has 0 heterocycles. The van der Waals surface area contributed by atoms with Gasteiger partial charge in [0.25, 0.3) is 0 Å². The Balaban J connectivity index is 2.75. The van der Waals surface area contributed by atoms with Crippen LogP contribution in [0.15, 0.2) is 35.9 Å². The van der Waals surface area contributed by atoms with Crippen molar-refractivity contribution in [1.82, 2.24) is 0 Å². The van der Waals surface area contributed by atoms with E-state index in [1.165, 1.54) is 0 Å². The number of nitrogens with zero attached hydrogens (tertiary/aromatic N) is 4. The lowest BCUT2D eigenvalue weighted by molar-refractivity contribution is 1.12. The summed E-state index contributed by atoms with van der Waals surface area (Å²) in [6.45, 7) is 0. The van der Waals surface area contributed by atoms with Crippen LogP contribution in [0.2, 0.25) is 0 Å². The zero-order valence-electron chi connectivity index (χ0n) is 9.75. The predicted molar refractivity (Wildman–Crippen MR) is 67.3 cm³/mol. The Kier molecular flexibility index (Phi) is 3.12. The second-order valence-corrected chi connectivity index (χ2v) is 3.85.